The molecule has 0 aliphatic heterocycles. The van der Waals surface area contributed by atoms with Gasteiger partial charge in [-0.15, -0.1) is 11.8 Å². The summed E-state index contributed by atoms with van der Waals surface area (Å²) in [4.78, 5) is 38.8. The van der Waals surface area contributed by atoms with E-state index >= 15 is 0 Å². The largest absolute Gasteiger partial charge is 0.481 e. The normalized spacial score (nSPS) is 10.1. The number of benzene rings is 1. The van der Waals surface area contributed by atoms with Crippen LogP contribution in [0.3, 0.4) is 0 Å². The van der Waals surface area contributed by atoms with Crippen LogP contribution >= 0.6 is 11.8 Å². The highest BCUT2D eigenvalue weighted by Crippen LogP contribution is 2.22. The minimum atomic E-state index is -1.02. The van der Waals surface area contributed by atoms with Gasteiger partial charge in [0.25, 0.3) is 0 Å². The predicted molar refractivity (Wildman–Crippen MR) is 95.5 cm³/mol. The molecule has 1 aromatic heterocycles. The van der Waals surface area contributed by atoms with Crippen LogP contribution in [-0.2, 0) is 14.4 Å². The summed E-state index contributed by atoms with van der Waals surface area (Å²) in [6.45, 7) is 0. The number of carbonyl (C=O) groups excluding carboxylic acids is 2. The maximum absolute atomic E-state index is 11.9. The van der Waals surface area contributed by atoms with Gasteiger partial charge in [-0.2, -0.15) is 0 Å². The Hall–Kier alpha value is -2.87. The van der Waals surface area contributed by atoms with E-state index in [1.165, 1.54) is 11.8 Å². The Kier molecular flexibility index (Phi) is 6.97. The number of carboxylic acid groups (broad SMARTS) is 1. The maximum Gasteiger partial charge on any atom is 0.303 e. The molecule has 2 amide bonds. The minimum Gasteiger partial charge on any atom is -0.481 e. The smallest absolute Gasteiger partial charge is 0.303 e. The first-order valence-electron chi connectivity index (χ1n) is 7.48. The second-order valence-electron chi connectivity index (χ2n) is 5.02. The molecule has 0 radical (unpaired) electrons. The Balaban J connectivity index is 1.83. The van der Waals surface area contributed by atoms with Crippen LogP contribution in [0.4, 0.5) is 11.5 Å². The van der Waals surface area contributed by atoms with Crippen LogP contribution < -0.4 is 10.6 Å². The zero-order chi connectivity index (χ0) is 18.1. The highest BCUT2D eigenvalue weighted by Gasteiger charge is 2.08. The molecule has 0 bridgehead atoms. The van der Waals surface area contributed by atoms with Gasteiger partial charge in [-0.05, 0) is 30.3 Å². The van der Waals surface area contributed by atoms with Crippen LogP contribution in [-0.4, -0.2) is 33.6 Å². The molecule has 0 unspecified atom stereocenters. The molecule has 8 heteroatoms. The topological polar surface area (TPSA) is 108 Å². The molecule has 2 aromatic rings. The van der Waals surface area contributed by atoms with Crippen molar-refractivity contribution in [2.75, 3.05) is 16.4 Å². The Morgan fingerprint density at radius 2 is 1.84 bits per heavy atom. The summed E-state index contributed by atoms with van der Waals surface area (Å²) in [6.07, 6.45) is 1.30. The highest BCUT2D eigenvalue weighted by molar-refractivity contribution is 8.00. The van der Waals surface area contributed by atoms with Crippen molar-refractivity contribution < 1.29 is 19.5 Å². The minimum absolute atomic E-state index is 0.0841. The fraction of sp³-hybridized carbons (Fsp3) is 0.176. The van der Waals surface area contributed by atoms with Crippen LogP contribution in [0.2, 0.25) is 0 Å². The van der Waals surface area contributed by atoms with Gasteiger partial charge in [0.1, 0.15) is 5.82 Å². The maximum atomic E-state index is 11.9. The van der Waals surface area contributed by atoms with Gasteiger partial charge in [0.2, 0.25) is 11.8 Å². The fourth-order valence-corrected chi connectivity index (χ4v) is 2.63. The molecule has 0 atom stereocenters. The average Bonchev–Trinajstić information content (AvgIpc) is 2.59. The van der Waals surface area contributed by atoms with Gasteiger partial charge in [-0.3, -0.25) is 14.4 Å². The van der Waals surface area contributed by atoms with Gasteiger partial charge in [0, 0.05) is 23.2 Å². The van der Waals surface area contributed by atoms with E-state index in [0.717, 1.165) is 4.90 Å². The lowest BCUT2D eigenvalue weighted by Crippen LogP contribution is -2.15. The van der Waals surface area contributed by atoms with Crippen molar-refractivity contribution in [3.8, 4) is 0 Å². The van der Waals surface area contributed by atoms with E-state index in [1.807, 2.05) is 6.07 Å². The first kappa shape index (κ1) is 18.5. The van der Waals surface area contributed by atoms with Crippen molar-refractivity contribution in [1.29, 1.82) is 0 Å². The van der Waals surface area contributed by atoms with Gasteiger partial charge >= 0.3 is 5.97 Å². The standard InChI is InChI=1S/C17H17N3O4S/c21-15(7-8-17(23)24)19-12-4-3-5-13(10-12)25-11-16(22)20-14-6-1-2-9-18-14/h1-6,9-10H,7-8,11H2,(H,19,21)(H,23,24)(H,18,20,22). The summed E-state index contributed by atoms with van der Waals surface area (Å²) in [7, 11) is 0. The Bertz CT molecular complexity index is 753. The number of aromatic nitrogens is 1. The molecule has 0 saturated heterocycles. The number of rotatable bonds is 8. The third-order valence-corrected chi connectivity index (χ3v) is 3.98. The molecule has 1 aromatic carbocycles. The van der Waals surface area contributed by atoms with Gasteiger partial charge in [-0.25, -0.2) is 4.98 Å². The number of pyridine rings is 1. The van der Waals surface area contributed by atoms with Crippen LogP contribution in [0, 0.1) is 0 Å². The van der Waals surface area contributed by atoms with Crippen molar-refractivity contribution in [3.63, 3.8) is 0 Å². The number of thioether (sulfide) groups is 1. The van der Waals surface area contributed by atoms with E-state index in [1.54, 1.807) is 42.6 Å². The number of nitrogens with zero attached hydrogens (tertiary/aromatic N) is 1. The van der Waals surface area contributed by atoms with E-state index in [2.05, 4.69) is 15.6 Å². The lowest BCUT2D eigenvalue weighted by atomic mass is 10.2. The summed E-state index contributed by atoms with van der Waals surface area (Å²) in [5.41, 5.74) is 0.561. The first-order chi connectivity index (χ1) is 12.0. The van der Waals surface area contributed by atoms with Gasteiger partial charge < -0.3 is 15.7 Å². The summed E-state index contributed by atoms with van der Waals surface area (Å²) in [5, 5.41) is 13.9. The van der Waals surface area contributed by atoms with Crippen LogP contribution in [0.15, 0.2) is 53.6 Å². The van der Waals surface area contributed by atoms with Crippen molar-refractivity contribution in [3.05, 3.63) is 48.7 Å². The predicted octanol–water partition coefficient (Wildman–Crippen LogP) is 2.62. The average molecular weight is 359 g/mol. The zero-order valence-corrected chi connectivity index (χ0v) is 14.1. The number of aliphatic carboxylic acids is 1. The molecule has 1 heterocycles. The van der Waals surface area contributed by atoms with Crippen LogP contribution in [0.5, 0.6) is 0 Å². The van der Waals surface area contributed by atoms with E-state index in [0.29, 0.717) is 11.5 Å². The molecule has 3 N–H and O–H groups in total. The van der Waals surface area contributed by atoms with E-state index in [4.69, 9.17) is 5.11 Å². The monoisotopic (exact) mass is 359 g/mol. The quantitative estimate of drug-likeness (QED) is 0.625. The van der Waals surface area contributed by atoms with Gasteiger partial charge in [0.15, 0.2) is 0 Å². The van der Waals surface area contributed by atoms with Gasteiger partial charge in [0.05, 0.1) is 12.2 Å². The third kappa shape index (κ3) is 7.05. The molecule has 25 heavy (non-hydrogen) atoms. The summed E-state index contributed by atoms with van der Waals surface area (Å²) in [5.74, 6) is -0.865. The molecule has 2 rings (SSSR count). The third-order valence-electron chi connectivity index (χ3n) is 2.99. The molecule has 130 valence electrons. The molecule has 0 saturated carbocycles. The molecule has 7 nitrogen and oxygen atoms in total. The van der Waals surface area contributed by atoms with E-state index in [-0.39, 0.29) is 30.4 Å². The Morgan fingerprint density at radius 1 is 1.00 bits per heavy atom. The zero-order valence-electron chi connectivity index (χ0n) is 13.3. The lowest BCUT2D eigenvalue weighted by Gasteiger charge is -2.07. The molecular weight excluding hydrogens is 342 g/mol. The number of carbonyl (C=O) groups is 3. The Morgan fingerprint density at radius 3 is 2.56 bits per heavy atom. The van der Waals surface area contributed by atoms with Crippen molar-refractivity contribution in [2.24, 2.45) is 0 Å². The Labute approximate surface area is 148 Å². The lowest BCUT2D eigenvalue weighted by molar-refractivity contribution is -0.138. The highest BCUT2D eigenvalue weighted by atomic mass is 32.2. The second kappa shape index (κ2) is 9.43. The summed E-state index contributed by atoms with van der Waals surface area (Å²) < 4.78 is 0. The number of amides is 2. The SMILES string of the molecule is O=C(O)CCC(=O)Nc1cccc(SCC(=O)Nc2ccccn2)c1. The number of carboxylic acids is 1. The van der Waals surface area contributed by atoms with Crippen molar-refractivity contribution in [1.82, 2.24) is 4.98 Å². The molecule has 0 aliphatic rings. The number of hydrogen-bond donors (Lipinski definition) is 3. The summed E-state index contributed by atoms with van der Waals surface area (Å²) >= 11 is 1.32. The molecule has 0 fully saturated rings. The molecular formula is C17H17N3O4S. The number of hydrogen-bond acceptors (Lipinski definition) is 5. The van der Waals surface area contributed by atoms with Crippen LogP contribution in [0.1, 0.15) is 12.8 Å². The fourth-order valence-electron chi connectivity index (χ4n) is 1.87. The van der Waals surface area contributed by atoms with E-state index in [9.17, 15) is 14.4 Å². The first-order valence-corrected chi connectivity index (χ1v) is 8.47. The van der Waals surface area contributed by atoms with Crippen molar-refractivity contribution in [2.45, 2.75) is 17.7 Å². The molecule has 0 spiro atoms. The second-order valence-corrected chi connectivity index (χ2v) is 6.07. The number of anilines is 2. The number of nitrogens with one attached hydrogen (secondary N) is 2. The van der Waals surface area contributed by atoms with Crippen molar-refractivity contribution >= 4 is 41.1 Å². The van der Waals surface area contributed by atoms with Crippen LogP contribution in [0.25, 0.3) is 0 Å². The van der Waals surface area contributed by atoms with Gasteiger partial charge in [-0.1, -0.05) is 12.1 Å². The van der Waals surface area contributed by atoms with E-state index < -0.39 is 5.97 Å². The summed E-state index contributed by atoms with van der Waals surface area (Å²) in [6, 6.07) is 12.3. The molecule has 0 aliphatic carbocycles.